The minimum absolute atomic E-state index is 0.0994. The zero-order chi connectivity index (χ0) is 9.68. The van der Waals surface area contributed by atoms with Crippen LogP contribution in [0.15, 0.2) is 16.8 Å². The Hall–Kier alpha value is -0.830. The van der Waals surface area contributed by atoms with E-state index in [0.29, 0.717) is 6.04 Å². The lowest BCUT2D eigenvalue weighted by Gasteiger charge is -2.22. The fourth-order valence-electron chi connectivity index (χ4n) is 1.47. The number of hydrogen-bond acceptors (Lipinski definition) is 3. The third kappa shape index (κ3) is 3.59. The minimum atomic E-state index is -0.0994. The van der Waals surface area contributed by atoms with Crippen molar-refractivity contribution in [2.45, 2.75) is 44.8 Å². The van der Waals surface area contributed by atoms with Crippen LogP contribution in [-0.4, -0.2) is 23.5 Å². The number of nitrogens with two attached hydrogens (primary N) is 1. The monoisotopic (exact) mass is 182 g/mol. The SMILES string of the molecule is CC(C=NC1CCC(O)CC1)=CN. The minimum Gasteiger partial charge on any atom is -0.404 e. The first-order valence-electron chi connectivity index (χ1n) is 4.82. The molecule has 0 aromatic carbocycles. The van der Waals surface area contributed by atoms with Crippen molar-refractivity contribution in [2.75, 3.05) is 0 Å². The summed E-state index contributed by atoms with van der Waals surface area (Å²) >= 11 is 0. The van der Waals surface area contributed by atoms with Gasteiger partial charge in [0.2, 0.25) is 0 Å². The van der Waals surface area contributed by atoms with Gasteiger partial charge in [0.15, 0.2) is 0 Å². The van der Waals surface area contributed by atoms with Gasteiger partial charge in [-0.15, -0.1) is 0 Å². The fourth-order valence-corrected chi connectivity index (χ4v) is 1.47. The Kier molecular flexibility index (Phi) is 3.96. The van der Waals surface area contributed by atoms with Gasteiger partial charge in [-0.2, -0.15) is 0 Å². The Morgan fingerprint density at radius 1 is 1.38 bits per heavy atom. The van der Waals surface area contributed by atoms with Gasteiger partial charge < -0.3 is 10.8 Å². The summed E-state index contributed by atoms with van der Waals surface area (Å²) in [5.74, 6) is 0. The van der Waals surface area contributed by atoms with E-state index in [2.05, 4.69) is 4.99 Å². The van der Waals surface area contributed by atoms with E-state index < -0.39 is 0 Å². The molecule has 74 valence electrons. The number of nitrogens with zero attached hydrogens (tertiary/aromatic N) is 1. The summed E-state index contributed by atoms with van der Waals surface area (Å²) in [4.78, 5) is 4.40. The van der Waals surface area contributed by atoms with E-state index in [1.165, 1.54) is 0 Å². The molecule has 0 bridgehead atoms. The molecule has 0 amide bonds. The molecule has 1 aliphatic rings. The van der Waals surface area contributed by atoms with Crippen LogP contribution in [0.1, 0.15) is 32.6 Å². The standard InChI is InChI=1S/C10H18N2O/c1-8(6-11)7-12-9-2-4-10(13)5-3-9/h6-7,9-10,13H,2-5,11H2,1H3. The third-order valence-corrected chi connectivity index (χ3v) is 2.42. The molecule has 0 aliphatic heterocycles. The average Bonchev–Trinajstić information content (AvgIpc) is 2.16. The molecule has 13 heavy (non-hydrogen) atoms. The molecule has 0 aromatic heterocycles. The van der Waals surface area contributed by atoms with E-state index in [4.69, 9.17) is 5.73 Å². The van der Waals surface area contributed by atoms with E-state index in [-0.39, 0.29) is 6.10 Å². The van der Waals surface area contributed by atoms with Crippen molar-refractivity contribution in [1.82, 2.24) is 0 Å². The van der Waals surface area contributed by atoms with E-state index in [0.717, 1.165) is 31.3 Å². The Morgan fingerprint density at radius 2 is 2.00 bits per heavy atom. The van der Waals surface area contributed by atoms with Crippen LogP contribution in [0, 0.1) is 0 Å². The van der Waals surface area contributed by atoms with Crippen molar-refractivity contribution in [1.29, 1.82) is 0 Å². The Balaban J connectivity index is 2.34. The first-order chi connectivity index (χ1) is 6.22. The maximum Gasteiger partial charge on any atom is 0.0541 e. The molecule has 1 aliphatic carbocycles. The van der Waals surface area contributed by atoms with Gasteiger partial charge in [0.25, 0.3) is 0 Å². The van der Waals surface area contributed by atoms with Crippen LogP contribution >= 0.6 is 0 Å². The van der Waals surface area contributed by atoms with Gasteiger partial charge in [0.1, 0.15) is 0 Å². The number of aliphatic hydroxyl groups is 1. The zero-order valence-corrected chi connectivity index (χ0v) is 8.11. The highest BCUT2D eigenvalue weighted by Crippen LogP contribution is 2.20. The molecule has 1 rings (SSSR count). The maximum absolute atomic E-state index is 9.27. The summed E-state index contributed by atoms with van der Waals surface area (Å²) in [6.07, 6.45) is 7.03. The normalized spacial score (nSPS) is 31.1. The van der Waals surface area contributed by atoms with Crippen LogP contribution in [0.5, 0.6) is 0 Å². The molecule has 3 nitrogen and oxygen atoms in total. The second kappa shape index (κ2) is 5.02. The summed E-state index contributed by atoms with van der Waals surface area (Å²) < 4.78 is 0. The predicted octanol–water partition coefficient (Wildman–Crippen LogP) is 1.22. The Morgan fingerprint density at radius 3 is 2.54 bits per heavy atom. The molecule has 0 aromatic rings. The summed E-state index contributed by atoms with van der Waals surface area (Å²) in [7, 11) is 0. The first kappa shape index (κ1) is 10.3. The number of aliphatic imine (C=N–C) groups is 1. The molecule has 0 spiro atoms. The molecule has 3 heteroatoms. The van der Waals surface area contributed by atoms with E-state index in [1.54, 1.807) is 6.20 Å². The highest BCUT2D eigenvalue weighted by Gasteiger charge is 2.17. The van der Waals surface area contributed by atoms with Crippen LogP contribution in [-0.2, 0) is 0 Å². The summed E-state index contributed by atoms with van der Waals surface area (Å²) in [5, 5.41) is 9.27. The maximum atomic E-state index is 9.27. The Bertz CT molecular complexity index is 203. The highest BCUT2D eigenvalue weighted by atomic mass is 16.3. The van der Waals surface area contributed by atoms with Gasteiger partial charge in [-0.05, 0) is 44.4 Å². The summed E-state index contributed by atoms with van der Waals surface area (Å²) in [6.45, 7) is 1.93. The van der Waals surface area contributed by atoms with Gasteiger partial charge in [-0.1, -0.05) is 0 Å². The van der Waals surface area contributed by atoms with Gasteiger partial charge in [0.05, 0.1) is 12.1 Å². The van der Waals surface area contributed by atoms with Crippen LogP contribution in [0.2, 0.25) is 0 Å². The molecular weight excluding hydrogens is 164 g/mol. The molecule has 0 atom stereocenters. The van der Waals surface area contributed by atoms with Gasteiger partial charge in [0, 0.05) is 6.21 Å². The van der Waals surface area contributed by atoms with Gasteiger partial charge in [-0.25, -0.2) is 0 Å². The molecule has 0 saturated heterocycles. The third-order valence-electron chi connectivity index (χ3n) is 2.42. The molecule has 3 N–H and O–H groups in total. The van der Waals surface area contributed by atoms with Gasteiger partial charge >= 0.3 is 0 Å². The average molecular weight is 182 g/mol. The van der Waals surface area contributed by atoms with Crippen LogP contribution in [0.25, 0.3) is 0 Å². The topological polar surface area (TPSA) is 58.6 Å². The smallest absolute Gasteiger partial charge is 0.0541 e. The molecular formula is C10H18N2O. The predicted molar refractivity (Wildman–Crippen MR) is 54.7 cm³/mol. The van der Waals surface area contributed by atoms with Crippen molar-refractivity contribution in [3.8, 4) is 0 Å². The van der Waals surface area contributed by atoms with Crippen molar-refractivity contribution in [3.05, 3.63) is 11.8 Å². The zero-order valence-electron chi connectivity index (χ0n) is 8.11. The lowest BCUT2D eigenvalue weighted by atomic mass is 9.94. The number of rotatable bonds is 2. The van der Waals surface area contributed by atoms with Crippen molar-refractivity contribution in [3.63, 3.8) is 0 Å². The molecule has 1 fully saturated rings. The summed E-state index contributed by atoms with van der Waals surface area (Å²) in [6, 6.07) is 0.387. The summed E-state index contributed by atoms with van der Waals surface area (Å²) in [5.41, 5.74) is 6.31. The molecule has 0 heterocycles. The molecule has 0 unspecified atom stereocenters. The Labute approximate surface area is 79.4 Å². The highest BCUT2D eigenvalue weighted by molar-refractivity contribution is 5.77. The van der Waals surface area contributed by atoms with Crippen molar-refractivity contribution < 1.29 is 5.11 Å². The fraction of sp³-hybridized carbons (Fsp3) is 0.700. The lowest BCUT2D eigenvalue weighted by Crippen LogP contribution is -2.20. The van der Waals surface area contributed by atoms with Crippen LogP contribution in [0.4, 0.5) is 0 Å². The number of aliphatic hydroxyl groups excluding tert-OH is 1. The lowest BCUT2D eigenvalue weighted by molar-refractivity contribution is 0.123. The molecule has 1 saturated carbocycles. The van der Waals surface area contributed by atoms with E-state index in [1.807, 2.05) is 13.1 Å². The van der Waals surface area contributed by atoms with Crippen molar-refractivity contribution in [2.24, 2.45) is 10.7 Å². The van der Waals surface area contributed by atoms with Gasteiger partial charge in [-0.3, -0.25) is 4.99 Å². The largest absolute Gasteiger partial charge is 0.404 e. The van der Waals surface area contributed by atoms with Crippen LogP contribution < -0.4 is 5.73 Å². The second-order valence-corrected chi connectivity index (χ2v) is 3.65. The van der Waals surface area contributed by atoms with Crippen molar-refractivity contribution >= 4 is 6.21 Å². The number of hydrogen-bond donors (Lipinski definition) is 2. The number of allylic oxidation sites excluding steroid dienone is 1. The van der Waals surface area contributed by atoms with E-state index in [9.17, 15) is 5.11 Å². The van der Waals surface area contributed by atoms with E-state index >= 15 is 0 Å². The molecule has 0 radical (unpaired) electrons. The van der Waals surface area contributed by atoms with Crippen LogP contribution in [0.3, 0.4) is 0 Å². The first-order valence-corrected chi connectivity index (χ1v) is 4.82. The second-order valence-electron chi connectivity index (χ2n) is 3.65. The quantitative estimate of drug-likeness (QED) is 0.631.